The number of carbonyl (C=O) groups is 2. The van der Waals surface area contributed by atoms with Gasteiger partial charge in [-0.2, -0.15) is 0 Å². The first kappa shape index (κ1) is 26.7. The van der Waals surface area contributed by atoms with Gasteiger partial charge in [0.25, 0.3) is 11.7 Å². The highest BCUT2D eigenvalue weighted by molar-refractivity contribution is 6.46. The van der Waals surface area contributed by atoms with Gasteiger partial charge in [-0.15, -0.1) is 0 Å². The van der Waals surface area contributed by atoms with Crippen LogP contribution in [0.15, 0.2) is 103 Å². The second kappa shape index (κ2) is 11.9. The lowest BCUT2D eigenvalue weighted by Crippen LogP contribution is -2.29. The molecule has 4 aromatic rings. The van der Waals surface area contributed by atoms with E-state index in [-0.39, 0.29) is 17.9 Å². The van der Waals surface area contributed by atoms with E-state index in [9.17, 15) is 14.7 Å². The van der Waals surface area contributed by atoms with E-state index in [0.717, 1.165) is 17.5 Å². The number of aryl methyl sites for hydroxylation is 1. The van der Waals surface area contributed by atoms with Crippen molar-refractivity contribution in [3.63, 3.8) is 0 Å². The van der Waals surface area contributed by atoms with Crippen molar-refractivity contribution in [3.05, 3.63) is 125 Å². The highest BCUT2D eigenvalue weighted by Crippen LogP contribution is 2.41. The molecule has 1 aliphatic heterocycles. The highest BCUT2D eigenvalue weighted by Gasteiger charge is 2.46. The van der Waals surface area contributed by atoms with Crippen LogP contribution in [0.5, 0.6) is 17.2 Å². The number of hydrogen-bond donors (Lipinski definition) is 1. The van der Waals surface area contributed by atoms with Crippen LogP contribution in [0.25, 0.3) is 5.76 Å². The first-order valence-corrected chi connectivity index (χ1v) is 13.2. The summed E-state index contributed by atoms with van der Waals surface area (Å²) in [4.78, 5) is 32.5. The molecule has 0 radical (unpaired) electrons. The summed E-state index contributed by atoms with van der Waals surface area (Å²) in [6.45, 7) is 4.63. The van der Waals surface area contributed by atoms with Crippen LogP contribution >= 0.6 is 0 Å². The molecular formula is C33H30N2O5. The molecule has 1 amide bonds. The van der Waals surface area contributed by atoms with Crippen molar-refractivity contribution in [1.82, 2.24) is 9.88 Å². The van der Waals surface area contributed by atoms with Gasteiger partial charge < -0.3 is 19.5 Å². The lowest BCUT2D eigenvalue weighted by atomic mass is 9.94. The van der Waals surface area contributed by atoms with E-state index in [1.807, 2.05) is 68.4 Å². The summed E-state index contributed by atoms with van der Waals surface area (Å²) in [7, 11) is 0. The average molecular weight is 535 g/mol. The summed E-state index contributed by atoms with van der Waals surface area (Å²) in [6.07, 6.45) is 4.17. The summed E-state index contributed by atoms with van der Waals surface area (Å²) in [5, 5.41) is 11.5. The Bertz CT molecular complexity index is 1550. The zero-order chi connectivity index (χ0) is 28.1. The number of likely N-dealkylation sites (tertiary alicyclic amines) is 1. The lowest BCUT2D eigenvalue weighted by Gasteiger charge is -2.25. The molecule has 1 N–H and O–H groups in total. The lowest BCUT2D eigenvalue weighted by molar-refractivity contribution is -0.140. The third-order valence-electron chi connectivity index (χ3n) is 6.68. The third-order valence-corrected chi connectivity index (χ3v) is 6.68. The Kier molecular flexibility index (Phi) is 7.92. The number of aliphatic hydroxyl groups is 1. The molecule has 7 nitrogen and oxygen atoms in total. The maximum Gasteiger partial charge on any atom is 0.295 e. The maximum atomic E-state index is 13.5. The Morgan fingerprint density at radius 2 is 1.75 bits per heavy atom. The van der Waals surface area contributed by atoms with Crippen molar-refractivity contribution in [3.8, 4) is 17.2 Å². The minimum atomic E-state index is -0.837. The van der Waals surface area contributed by atoms with Crippen LogP contribution in [0.1, 0.15) is 41.6 Å². The minimum Gasteiger partial charge on any atom is -0.507 e. The number of Topliss-reactive ketones (excluding diaryl/α,β-unsaturated/α-hetero) is 1. The van der Waals surface area contributed by atoms with E-state index < -0.39 is 17.7 Å². The number of ketones is 1. The van der Waals surface area contributed by atoms with Gasteiger partial charge in [0.1, 0.15) is 23.0 Å². The molecule has 1 saturated heterocycles. The largest absolute Gasteiger partial charge is 0.507 e. The second-order valence-corrected chi connectivity index (χ2v) is 9.60. The van der Waals surface area contributed by atoms with Crippen LogP contribution in [-0.4, -0.2) is 33.3 Å². The normalized spacial score (nSPS) is 16.2. The summed E-state index contributed by atoms with van der Waals surface area (Å²) < 4.78 is 11.8. The van der Waals surface area contributed by atoms with Crippen molar-refractivity contribution < 1.29 is 24.2 Å². The van der Waals surface area contributed by atoms with Crippen LogP contribution in [0.3, 0.4) is 0 Å². The highest BCUT2D eigenvalue weighted by atomic mass is 16.5. The molecule has 40 heavy (non-hydrogen) atoms. The predicted octanol–water partition coefficient (Wildman–Crippen LogP) is 6.59. The Morgan fingerprint density at radius 3 is 2.48 bits per heavy atom. The molecule has 0 bridgehead atoms. The standard InChI is InChI=1S/C33H30N2O5/c1-3-17-39-28-15-14-25(18-22(28)2)31(36)29-30(35(33(38)32(29)37)21-23-9-8-16-34-20-23)24-10-7-13-27(19-24)40-26-11-5-4-6-12-26/h4-16,18-20,30,36H,3,17,21H2,1-2H3/t30-/m1/s1. The summed E-state index contributed by atoms with van der Waals surface area (Å²) in [5.74, 6) is 0.234. The zero-order valence-corrected chi connectivity index (χ0v) is 22.4. The molecule has 0 aliphatic carbocycles. The van der Waals surface area contributed by atoms with Crippen molar-refractivity contribution in [1.29, 1.82) is 0 Å². The topological polar surface area (TPSA) is 89.0 Å². The first-order valence-electron chi connectivity index (χ1n) is 13.2. The number of aliphatic hydroxyl groups excluding tert-OH is 1. The van der Waals surface area contributed by atoms with Crippen molar-refractivity contribution >= 4 is 17.4 Å². The average Bonchev–Trinajstić information content (AvgIpc) is 3.22. The van der Waals surface area contributed by atoms with Crippen LogP contribution in [0.4, 0.5) is 0 Å². The first-order chi connectivity index (χ1) is 19.5. The van der Waals surface area contributed by atoms with Gasteiger partial charge in [0.15, 0.2) is 0 Å². The van der Waals surface area contributed by atoms with E-state index >= 15 is 0 Å². The fraction of sp³-hybridized carbons (Fsp3) is 0.182. The molecule has 1 aliphatic rings. The Balaban J connectivity index is 1.59. The van der Waals surface area contributed by atoms with E-state index in [1.54, 1.807) is 42.7 Å². The van der Waals surface area contributed by atoms with Crippen LogP contribution in [-0.2, 0) is 16.1 Å². The molecule has 0 unspecified atom stereocenters. The Hall–Kier alpha value is -4.91. The number of carbonyl (C=O) groups excluding carboxylic acids is 2. The quantitative estimate of drug-likeness (QED) is 0.148. The predicted molar refractivity (Wildman–Crippen MR) is 152 cm³/mol. The van der Waals surface area contributed by atoms with Crippen molar-refractivity contribution in [2.24, 2.45) is 0 Å². The van der Waals surface area contributed by atoms with Gasteiger partial charge in [0.05, 0.1) is 18.2 Å². The number of rotatable bonds is 9. The molecule has 3 aromatic carbocycles. The van der Waals surface area contributed by atoms with Gasteiger partial charge in [-0.1, -0.05) is 43.3 Å². The molecule has 5 rings (SSSR count). The number of benzene rings is 3. The maximum absolute atomic E-state index is 13.5. The summed E-state index contributed by atoms with van der Waals surface area (Å²) in [5.41, 5.74) is 2.67. The number of ether oxygens (including phenoxy) is 2. The van der Waals surface area contributed by atoms with Gasteiger partial charge in [-0.25, -0.2) is 0 Å². The van der Waals surface area contributed by atoms with Crippen molar-refractivity contribution in [2.75, 3.05) is 6.61 Å². The van der Waals surface area contributed by atoms with E-state index in [1.165, 1.54) is 4.90 Å². The van der Waals surface area contributed by atoms with E-state index in [2.05, 4.69) is 4.98 Å². The van der Waals surface area contributed by atoms with Crippen LogP contribution < -0.4 is 9.47 Å². The second-order valence-electron chi connectivity index (χ2n) is 9.60. The summed E-state index contributed by atoms with van der Waals surface area (Å²) in [6, 6.07) is 24.6. The van der Waals surface area contributed by atoms with Gasteiger partial charge in [0.2, 0.25) is 0 Å². The van der Waals surface area contributed by atoms with E-state index in [4.69, 9.17) is 9.47 Å². The molecule has 202 valence electrons. The molecule has 0 spiro atoms. The molecule has 7 heteroatoms. The van der Waals surface area contributed by atoms with E-state index in [0.29, 0.717) is 35.0 Å². The van der Waals surface area contributed by atoms with Gasteiger partial charge in [-0.3, -0.25) is 14.6 Å². The Labute approximate surface area is 233 Å². The van der Waals surface area contributed by atoms with Crippen LogP contribution in [0, 0.1) is 6.92 Å². The molecular weight excluding hydrogens is 504 g/mol. The fourth-order valence-corrected chi connectivity index (χ4v) is 4.78. The fourth-order valence-electron chi connectivity index (χ4n) is 4.78. The van der Waals surface area contributed by atoms with Gasteiger partial charge in [-0.05, 0) is 78.6 Å². The Morgan fingerprint density at radius 1 is 0.950 bits per heavy atom. The molecule has 1 atom stereocenters. The monoisotopic (exact) mass is 534 g/mol. The number of para-hydroxylation sites is 1. The number of nitrogens with zero attached hydrogens (tertiary/aromatic N) is 2. The van der Waals surface area contributed by atoms with Crippen molar-refractivity contribution in [2.45, 2.75) is 32.9 Å². The zero-order valence-electron chi connectivity index (χ0n) is 22.4. The minimum absolute atomic E-state index is 0.0207. The SMILES string of the molecule is CCCOc1ccc(C(O)=C2C(=O)C(=O)N(Cc3cccnc3)[C@@H]2c2cccc(Oc3ccccc3)c2)cc1C. The molecule has 0 saturated carbocycles. The number of aromatic nitrogens is 1. The number of pyridine rings is 1. The summed E-state index contributed by atoms with van der Waals surface area (Å²) >= 11 is 0. The molecule has 1 aromatic heterocycles. The third kappa shape index (κ3) is 5.59. The van der Waals surface area contributed by atoms with Gasteiger partial charge in [0, 0.05) is 24.5 Å². The molecule has 2 heterocycles. The number of hydrogen-bond acceptors (Lipinski definition) is 6. The molecule has 1 fully saturated rings. The smallest absolute Gasteiger partial charge is 0.295 e. The van der Waals surface area contributed by atoms with Gasteiger partial charge >= 0.3 is 0 Å². The van der Waals surface area contributed by atoms with Crippen LogP contribution in [0.2, 0.25) is 0 Å². The number of amides is 1.